The molecule has 3 rings (SSSR count). The third-order valence-electron chi connectivity index (χ3n) is 3.66. The summed E-state index contributed by atoms with van der Waals surface area (Å²) in [7, 11) is 0. The molecule has 2 amide bonds. The molecule has 3 aromatic rings. The number of nitrogens with one attached hydrogen (secondary N) is 2. The van der Waals surface area contributed by atoms with Crippen molar-refractivity contribution in [1.29, 1.82) is 0 Å². The van der Waals surface area contributed by atoms with Crippen LogP contribution in [0.15, 0.2) is 65.3 Å². The molecule has 2 aromatic carbocycles. The maximum atomic E-state index is 12.0. The molecule has 0 unspecified atom stereocenters. The van der Waals surface area contributed by atoms with Gasteiger partial charge in [-0.05, 0) is 42.5 Å². The van der Waals surface area contributed by atoms with Gasteiger partial charge in [0.05, 0.1) is 21.9 Å². The van der Waals surface area contributed by atoms with Gasteiger partial charge in [-0.1, -0.05) is 11.6 Å². The Bertz CT molecular complexity index is 1030. The second kappa shape index (κ2) is 8.89. The van der Waals surface area contributed by atoms with Crippen LogP contribution in [-0.4, -0.2) is 23.3 Å². The van der Waals surface area contributed by atoms with E-state index in [1.807, 2.05) is 0 Å². The Labute approximate surface area is 169 Å². The van der Waals surface area contributed by atoms with Crippen LogP contribution >= 0.6 is 11.6 Å². The van der Waals surface area contributed by atoms with Crippen molar-refractivity contribution in [2.24, 2.45) is 0 Å². The lowest BCUT2D eigenvalue weighted by Gasteiger charge is -2.10. The number of amides is 2. The average Bonchev–Trinajstić information content (AvgIpc) is 3.24. The van der Waals surface area contributed by atoms with Crippen LogP contribution in [0.2, 0.25) is 5.02 Å². The number of anilines is 2. The van der Waals surface area contributed by atoms with Crippen molar-refractivity contribution < 1.29 is 23.7 Å². The summed E-state index contributed by atoms with van der Waals surface area (Å²) in [4.78, 5) is 34.1. The fourth-order valence-electron chi connectivity index (χ4n) is 2.30. The zero-order valence-electron chi connectivity index (χ0n) is 14.8. The molecule has 0 spiro atoms. The third-order valence-corrected chi connectivity index (χ3v) is 3.98. The highest BCUT2D eigenvalue weighted by atomic mass is 35.5. The van der Waals surface area contributed by atoms with Gasteiger partial charge in [0, 0.05) is 17.8 Å². The lowest BCUT2D eigenvalue weighted by molar-refractivity contribution is -0.384. The lowest BCUT2D eigenvalue weighted by atomic mass is 10.2. The number of rotatable bonds is 7. The molecule has 0 saturated carbocycles. The summed E-state index contributed by atoms with van der Waals surface area (Å²) in [6.45, 7) is -0.299. The van der Waals surface area contributed by atoms with Crippen LogP contribution in [0.4, 0.5) is 17.1 Å². The topological polar surface area (TPSA) is 124 Å². The predicted molar refractivity (Wildman–Crippen MR) is 105 cm³/mol. The van der Waals surface area contributed by atoms with E-state index < -0.39 is 16.7 Å². The van der Waals surface area contributed by atoms with E-state index in [1.54, 1.807) is 12.1 Å². The third kappa shape index (κ3) is 5.33. The summed E-state index contributed by atoms with van der Waals surface area (Å²) in [5.74, 6) is -0.446. The number of halogens is 1. The van der Waals surface area contributed by atoms with Crippen LogP contribution in [0, 0.1) is 10.1 Å². The number of nitro groups is 1. The zero-order valence-corrected chi connectivity index (χ0v) is 15.5. The van der Waals surface area contributed by atoms with Crippen molar-refractivity contribution in [3.05, 3.63) is 81.8 Å². The lowest BCUT2D eigenvalue weighted by Crippen LogP contribution is -2.20. The Hall–Kier alpha value is -3.85. The second-order valence-corrected chi connectivity index (χ2v) is 6.12. The number of ether oxygens (including phenoxy) is 1. The van der Waals surface area contributed by atoms with Gasteiger partial charge in [0.25, 0.3) is 17.5 Å². The molecule has 1 heterocycles. The summed E-state index contributed by atoms with van der Waals surface area (Å²) in [6, 6.07) is 13.0. The minimum Gasteiger partial charge on any atom is -0.484 e. The Kier molecular flexibility index (Phi) is 6.10. The van der Waals surface area contributed by atoms with E-state index in [-0.39, 0.29) is 23.1 Å². The van der Waals surface area contributed by atoms with Crippen LogP contribution in [0.25, 0.3) is 0 Å². The second-order valence-electron chi connectivity index (χ2n) is 5.71. The van der Waals surface area contributed by atoms with Crippen molar-refractivity contribution in [1.82, 2.24) is 0 Å². The zero-order chi connectivity index (χ0) is 20.8. The van der Waals surface area contributed by atoms with Crippen LogP contribution in [0.5, 0.6) is 5.75 Å². The number of nitrogens with zero attached hydrogens (tertiary/aromatic N) is 1. The number of hydrogen-bond acceptors (Lipinski definition) is 6. The summed E-state index contributed by atoms with van der Waals surface area (Å²) >= 11 is 6.15. The Morgan fingerprint density at radius 3 is 2.48 bits per heavy atom. The summed E-state index contributed by atoms with van der Waals surface area (Å²) in [5, 5.41) is 16.0. The molecular weight excluding hydrogens is 402 g/mol. The molecule has 0 aliphatic heterocycles. The monoisotopic (exact) mass is 415 g/mol. The Morgan fingerprint density at radius 2 is 1.86 bits per heavy atom. The molecule has 10 heteroatoms. The number of carbonyl (C=O) groups is 2. The van der Waals surface area contributed by atoms with Gasteiger partial charge in [-0.15, -0.1) is 0 Å². The summed E-state index contributed by atoms with van der Waals surface area (Å²) in [6.07, 6.45) is 1.38. The molecule has 0 aliphatic rings. The van der Waals surface area contributed by atoms with E-state index in [0.717, 1.165) is 0 Å². The van der Waals surface area contributed by atoms with E-state index >= 15 is 0 Å². The summed E-state index contributed by atoms with van der Waals surface area (Å²) < 4.78 is 10.3. The van der Waals surface area contributed by atoms with E-state index in [0.29, 0.717) is 17.1 Å². The highest BCUT2D eigenvalue weighted by Crippen LogP contribution is 2.26. The molecular formula is C19H14ClN3O6. The van der Waals surface area contributed by atoms with Gasteiger partial charge in [0.15, 0.2) is 12.4 Å². The van der Waals surface area contributed by atoms with E-state index in [1.165, 1.54) is 48.7 Å². The van der Waals surface area contributed by atoms with Crippen molar-refractivity contribution in [3.63, 3.8) is 0 Å². The van der Waals surface area contributed by atoms with Gasteiger partial charge in [-0.2, -0.15) is 0 Å². The number of carbonyl (C=O) groups excluding carboxylic acids is 2. The van der Waals surface area contributed by atoms with Crippen LogP contribution < -0.4 is 15.4 Å². The number of furan rings is 1. The number of nitro benzene ring substituents is 1. The highest BCUT2D eigenvalue weighted by molar-refractivity contribution is 6.34. The quantitative estimate of drug-likeness (QED) is 0.442. The van der Waals surface area contributed by atoms with Gasteiger partial charge >= 0.3 is 0 Å². The van der Waals surface area contributed by atoms with E-state index in [4.69, 9.17) is 20.8 Å². The predicted octanol–water partition coefficient (Wildman–Crippen LogP) is 4.11. The SMILES string of the molecule is O=C(COc1ccc([N+](=O)[O-])cc1)Nc1ccc(NC(=O)c2ccco2)c(Cl)c1. The molecule has 0 saturated heterocycles. The van der Waals surface area contributed by atoms with Crippen LogP contribution in [-0.2, 0) is 4.79 Å². The molecule has 0 aliphatic carbocycles. The first kappa shape index (κ1) is 19.9. The largest absolute Gasteiger partial charge is 0.484 e. The molecule has 1 aromatic heterocycles. The molecule has 0 atom stereocenters. The van der Waals surface area contributed by atoms with Crippen LogP contribution in [0.3, 0.4) is 0 Å². The molecule has 2 N–H and O–H groups in total. The minimum atomic E-state index is -0.527. The van der Waals surface area contributed by atoms with Gasteiger partial charge < -0.3 is 19.8 Å². The fourth-order valence-corrected chi connectivity index (χ4v) is 2.52. The first-order chi connectivity index (χ1) is 13.9. The van der Waals surface area contributed by atoms with Gasteiger partial charge in [-0.3, -0.25) is 19.7 Å². The molecule has 0 bridgehead atoms. The van der Waals surface area contributed by atoms with Crippen molar-refractivity contribution in [2.75, 3.05) is 17.2 Å². The number of non-ortho nitro benzene ring substituents is 1. The van der Waals surface area contributed by atoms with Gasteiger partial charge in [0.2, 0.25) is 0 Å². The maximum absolute atomic E-state index is 12.0. The van der Waals surface area contributed by atoms with Gasteiger partial charge in [0.1, 0.15) is 5.75 Å². The van der Waals surface area contributed by atoms with Crippen molar-refractivity contribution >= 4 is 40.5 Å². The van der Waals surface area contributed by atoms with E-state index in [9.17, 15) is 19.7 Å². The van der Waals surface area contributed by atoms with Crippen molar-refractivity contribution in [3.8, 4) is 5.75 Å². The van der Waals surface area contributed by atoms with Crippen LogP contribution in [0.1, 0.15) is 10.6 Å². The molecule has 29 heavy (non-hydrogen) atoms. The first-order valence-corrected chi connectivity index (χ1v) is 8.61. The summed E-state index contributed by atoms with van der Waals surface area (Å²) in [5.41, 5.74) is 0.687. The molecule has 148 valence electrons. The standard InChI is InChI=1S/C19H14ClN3O6/c20-15-10-12(3-8-16(15)22-19(25)17-2-1-9-28-17)21-18(24)11-29-14-6-4-13(5-7-14)23(26)27/h1-10H,11H2,(H,21,24)(H,22,25). The molecule has 9 nitrogen and oxygen atoms in total. The normalized spacial score (nSPS) is 10.2. The first-order valence-electron chi connectivity index (χ1n) is 8.24. The Balaban J connectivity index is 1.54. The Morgan fingerprint density at radius 1 is 1.10 bits per heavy atom. The highest BCUT2D eigenvalue weighted by Gasteiger charge is 2.12. The average molecular weight is 416 g/mol. The smallest absolute Gasteiger partial charge is 0.291 e. The van der Waals surface area contributed by atoms with E-state index in [2.05, 4.69) is 10.6 Å². The minimum absolute atomic E-state index is 0.0735. The molecule has 0 fully saturated rings. The fraction of sp³-hybridized carbons (Fsp3) is 0.0526. The van der Waals surface area contributed by atoms with Gasteiger partial charge in [-0.25, -0.2) is 0 Å². The number of hydrogen-bond donors (Lipinski definition) is 2. The maximum Gasteiger partial charge on any atom is 0.291 e. The number of benzene rings is 2. The van der Waals surface area contributed by atoms with Crippen molar-refractivity contribution in [2.45, 2.75) is 0 Å². The molecule has 0 radical (unpaired) electrons.